The summed E-state index contributed by atoms with van der Waals surface area (Å²) in [6, 6.07) is 13.7. The summed E-state index contributed by atoms with van der Waals surface area (Å²) in [5, 5.41) is 13.0. The van der Waals surface area contributed by atoms with E-state index in [1.807, 2.05) is 18.2 Å². The van der Waals surface area contributed by atoms with E-state index in [4.69, 9.17) is 16.3 Å². The number of nitrogens with zero attached hydrogens (tertiary/aromatic N) is 2. The van der Waals surface area contributed by atoms with Crippen LogP contribution in [0.1, 0.15) is 24.0 Å². The van der Waals surface area contributed by atoms with Crippen LogP contribution in [-0.2, 0) is 10.2 Å². The van der Waals surface area contributed by atoms with E-state index < -0.39 is 5.41 Å². The molecule has 1 heterocycles. The molecule has 0 aliphatic carbocycles. The van der Waals surface area contributed by atoms with E-state index in [9.17, 15) is 10.1 Å². The maximum absolute atomic E-state index is 12.2. The molecule has 0 aromatic heterocycles. The van der Waals surface area contributed by atoms with E-state index in [-0.39, 0.29) is 0 Å². The van der Waals surface area contributed by atoms with Crippen molar-refractivity contribution in [2.24, 2.45) is 0 Å². The summed E-state index contributed by atoms with van der Waals surface area (Å²) in [7, 11) is 1.77. The molecule has 0 bridgehead atoms. The number of carbonyl (C=O) groups excluding carboxylic acids is 1. The first-order valence-corrected chi connectivity index (χ1v) is 11.5. The Hall–Kier alpha value is -2.20. The molecule has 0 atom stereocenters. The number of anilines is 1. The Balaban J connectivity index is 1.63. The normalized spacial score (nSPS) is 15.9. The molecule has 2 aromatic carbocycles. The number of halogens is 1. The number of nitrogens with one attached hydrogen (secondary N) is 1. The summed E-state index contributed by atoms with van der Waals surface area (Å²) in [4.78, 5) is 15.7. The van der Waals surface area contributed by atoms with Crippen molar-refractivity contribution in [3.63, 3.8) is 0 Å². The molecule has 3 rings (SSSR count). The number of piperidine rings is 1. The highest BCUT2D eigenvalue weighted by molar-refractivity contribution is 7.98. The molecule has 0 spiro atoms. The van der Waals surface area contributed by atoms with Crippen molar-refractivity contribution >= 4 is 35.3 Å². The van der Waals surface area contributed by atoms with Gasteiger partial charge >= 0.3 is 0 Å². The molecule has 30 heavy (non-hydrogen) atoms. The fourth-order valence-electron chi connectivity index (χ4n) is 3.95. The Morgan fingerprint density at radius 2 is 2.00 bits per heavy atom. The SMILES string of the molecule is CNc1c(C#N)cc(Cl)cc1C1(C=O)CCN(CCOc2ccc(SC)cc2)CC1. The van der Waals surface area contributed by atoms with Crippen molar-refractivity contribution < 1.29 is 9.53 Å². The number of thioether (sulfide) groups is 1. The zero-order valence-electron chi connectivity index (χ0n) is 17.3. The largest absolute Gasteiger partial charge is 0.492 e. The highest BCUT2D eigenvalue weighted by atomic mass is 35.5. The van der Waals surface area contributed by atoms with Crippen LogP contribution >= 0.6 is 23.4 Å². The van der Waals surface area contributed by atoms with Gasteiger partial charge in [-0.3, -0.25) is 4.90 Å². The number of likely N-dealkylation sites (tertiary alicyclic amines) is 1. The minimum atomic E-state index is -0.639. The van der Waals surface area contributed by atoms with Gasteiger partial charge in [-0.1, -0.05) is 11.6 Å². The molecule has 7 heteroatoms. The van der Waals surface area contributed by atoms with Gasteiger partial charge < -0.3 is 14.8 Å². The van der Waals surface area contributed by atoms with Crippen LogP contribution < -0.4 is 10.1 Å². The lowest BCUT2D eigenvalue weighted by Crippen LogP contribution is -2.45. The van der Waals surface area contributed by atoms with Gasteiger partial charge in [0.25, 0.3) is 0 Å². The lowest BCUT2D eigenvalue weighted by Gasteiger charge is -2.39. The molecule has 1 aliphatic rings. The van der Waals surface area contributed by atoms with Crippen molar-refractivity contribution in [2.45, 2.75) is 23.2 Å². The maximum atomic E-state index is 12.2. The number of hydrogen-bond donors (Lipinski definition) is 1. The summed E-state index contributed by atoms with van der Waals surface area (Å²) in [6.45, 7) is 2.97. The zero-order chi connectivity index (χ0) is 21.6. The molecule has 0 radical (unpaired) electrons. The molecule has 0 unspecified atom stereocenters. The van der Waals surface area contributed by atoms with Crippen LogP contribution in [0.15, 0.2) is 41.3 Å². The van der Waals surface area contributed by atoms with Gasteiger partial charge in [-0.15, -0.1) is 11.8 Å². The Labute approximate surface area is 187 Å². The first-order valence-electron chi connectivity index (χ1n) is 9.92. The molecule has 2 aromatic rings. The quantitative estimate of drug-likeness (QED) is 0.475. The third kappa shape index (κ3) is 4.92. The van der Waals surface area contributed by atoms with Crippen LogP contribution in [0.25, 0.3) is 0 Å². The number of ether oxygens (including phenoxy) is 1. The van der Waals surface area contributed by atoms with Crippen molar-refractivity contribution in [3.05, 3.63) is 52.5 Å². The zero-order valence-corrected chi connectivity index (χ0v) is 18.9. The van der Waals surface area contributed by atoms with Crippen molar-refractivity contribution in [1.29, 1.82) is 5.26 Å². The first kappa shape index (κ1) is 22.5. The number of rotatable bonds is 8. The van der Waals surface area contributed by atoms with Gasteiger partial charge in [-0.25, -0.2) is 0 Å². The number of hydrogen-bond acceptors (Lipinski definition) is 6. The van der Waals surface area contributed by atoms with E-state index in [1.165, 1.54) is 4.90 Å². The van der Waals surface area contributed by atoms with Gasteiger partial charge in [0.1, 0.15) is 24.7 Å². The summed E-state index contributed by atoms with van der Waals surface area (Å²) in [5.74, 6) is 0.869. The summed E-state index contributed by atoms with van der Waals surface area (Å²) < 4.78 is 5.87. The monoisotopic (exact) mass is 443 g/mol. The van der Waals surface area contributed by atoms with E-state index in [0.717, 1.165) is 37.2 Å². The smallest absolute Gasteiger partial charge is 0.130 e. The molecule has 5 nitrogen and oxygen atoms in total. The second-order valence-electron chi connectivity index (χ2n) is 7.38. The van der Waals surface area contributed by atoms with Crippen molar-refractivity contribution in [2.75, 3.05) is 44.9 Å². The number of benzene rings is 2. The predicted molar refractivity (Wildman–Crippen MR) is 123 cm³/mol. The van der Waals surface area contributed by atoms with Crippen LogP contribution in [0.2, 0.25) is 5.02 Å². The average Bonchev–Trinajstić information content (AvgIpc) is 2.79. The van der Waals surface area contributed by atoms with Gasteiger partial charge in [0, 0.05) is 23.5 Å². The lowest BCUT2D eigenvalue weighted by molar-refractivity contribution is -0.114. The second kappa shape index (κ2) is 10.2. The van der Waals surface area contributed by atoms with Gasteiger partial charge in [0.2, 0.25) is 0 Å². The lowest BCUT2D eigenvalue weighted by atomic mass is 9.72. The molecule has 158 valence electrons. The fraction of sp³-hybridized carbons (Fsp3) is 0.391. The summed E-state index contributed by atoms with van der Waals surface area (Å²) in [6.07, 6.45) is 4.44. The Bertz CT molecular complexity index is 919. The predicted octanol–water partition coefficient (Wildman–Crippen LogP) is 4.59. The Morgan fingerprint density at radius 3 is 2.57 bits per heavy atom. The van der Waals surface area contributed by atoms with E-state index in [1.54, 1.807) is 24.9 Å². The molecule has 0 amide bonds. The van der Waals surface area contributed by atoms with Crippen LogP contribution in [-0.4, -0.2) is 50.7 Å². The molecule has 1 aliphatic heterocycles. The minimum Gasteiger partial charge on any atom is -0.492 e. The Morgan fingerprint density at radius 1 is 1.30 bits per heavy atom. The standard InChI is InChI=1S/C23H26ClN3O2S/c1-26-22-17(15-25)13-18(24)14-21(22)23(16-28)7-9-27(10-8-23)11-12-29-19-3-5-20(30-2)6-4-19/h3-6,13-14,16,26H,7-12H2,1-2H3. The topological polar surface area (TPSA) is 65.4 Å². The Kier molecular flexibility index (Phi) is 7.65. The number of aldehydes is 1. The number of carbonyl (C=O) groups is 1. The highest BCUT2D eigenvalue weighted by Gasteiger charge is 2.38. The van der Waals surface area contributed by atoms with E-state index in [2.05, 4.69) is 34.7 Å². The molecular formula is C23H26ClN3O2S. The third-order valence-corrected chi connectivity index (χ3v) is 6.68. The molecule has 0 saturated carbocycles. The number of nitriles is 1. The van der Waals surface area contributed by atoms with Gasteiger partial charge in [-0.05, 0) is 74.1 Å². The first-order chi connectivity index (χ1) is 14.5. The highest BCUT2D eigenvalue weighted by Crippen LogP contribution is 2.40. The molecular weight excluding hydrogens is 418 g/mol. The van der Waals surface area contributed by atoms with Gasteiger partial charge in [0.15, 0.2) is 0 Å². The van der Waals surface area contributed by atoms with Crippen molar-refractivity contribution in [3.8, 4) is 11.8 Å². The van der Waals surface area contributed by atoms with Gasteiger partial charge in [-0.2, -0.15) is 5.26 Å². The van der Waals surface area contributed by atoms with E-state index in [0.29, 0.717) is 35.7 Å². The summed E-state index contributed by atoms with van der Waals surface area (Å²) in [5.41, 5.74) is 1.33. The average molecular weight is 444 g/mol. The summed E-state index contributed by atoms with van der Waals surface area (Å²) >= 11 is 7.95. The molecule has 1 saturated heterocycles. The van der Waals surface area contributed by atoms with Gasteiger partial charge in [0.05, 0.1) is 16.7 Å². The minimum absolute atomic E-state index is 0.463. The van der Waals surface area contributed by atoms with Crippen LogP contribution in [0.4, 0.5) is 5.69 Å². The van der Waals surface area contributed by atoms with Crippen molar-refractivity contribution in [1.82, 2.24) is 4.90 Å². The molecule has 1 N–H and O–H groups in total. The van der Waals surface area contributed by atoms with Crippen LogP contribution in [0.5, 0.6) is 5.75 Å². The van der Waals surface area contributed by atoms with Crippen LogP contribution in [0, 0.1) is 11.3 Å². The third-order valence-electron chi connectivity index (χ3n) is 5.72. The van der Waals surface area contributed by atoms with E-state index >= 15 is 0 Å². The molecule has 1 fully saturated rings. The fourth-order valence-corrected chi connectivity index (χ4v) is 4.57. The maximum Gasteiger partial charge on any atom is 0.130 e. The van der Waals surface area contributed by atoms with Crippen LogP contribution in [0.3, 0.4) is 0 Å². The second-order valence-corrected chi connectivity index (χ2v) is 8.69.